The molecule has 96 valence electrons. The number of amides is 2. The molecule has 0 aliphatic heterocycles. The van der Waals surface area contributed by atoms with E-state index in [0.717, 1.165) is 6.42 Å². The van der Waals surface area contributed by atoms with Crippen LogP contribution >= 0.6 is 0 Å². The average molecular weight is 242 g/mol. The molecule has 0 aromatic heterocycles. The molecule has 0 saturated heterocycles. The van der Waals surface area contributed by atoms with Gasteiger partial charge in [-0.15, -0.1) is 0 Å². The van der Waals surface area contributed by atoms with Crippen LogP contribution in [-0.2, 0) is 14.4 Å². The van der Waals surface area contributed by atoms with E-state index in [1.807, 2.05) is 0 Å². The van der Waals surface area contributed by atoms with Gasteiger partial charge in [0.25, 0.3) is 0 Å². The SMILES string of the molecule is CNC(=O)C(C)NC(=O)[C@@H]1CCC[C@@H]1C(=O)O. The van der Waals surface area contributed by atoms with Gasteiger partial charge in [0.1, 0.15) is 6.04 Å². The molecule has 2 amide bonds. The summed E-state index contributed by atoms with van der Waals surface area (Å²) in [6, 6.07) is -0.637. The maximum atomic E-state index is 11.8. The number of carboxylic acids is 1. The lowest BCUT2D eigenvalue weighted by atomic mass is 9.95. The normalized spacial score (nSPS) is 25.1. The standard InChI is InChI=1S/C11H18N2O4/c1-6(9(14)12-2)13-10(15)7-4-3-5-8(7)11(16)17/h6-8H,3-5H2,1-2H3,(H,12,14)(H,13,15)(H,16,17)/t6?,7-,8+/m1/s1. The van der Waals surface area contributed by atoms with E-state index in [9.17, 15) is 14.4 Å². The van der Waals surface area contributed by atoms with Gasteiger partial charge in [0, 0.05) is 7.05 Å². The van der Waals surface area contributed by atoms with Crippen molar-refractivity contribution in [3.05, 3.63) is 0 Å². The second-order valence-corrected chi connectivity index (χ2v) is 4.33. The lowest BCUT2D eigenvalue weighted by Gasteiger charge is -2.18. The van der Waals surface area contributed by atoms with E-state index < -0.39 is 23.8 Å². The molecule has 0 spiro atoms. The van der Waals surface area contributed by atoms with Crippen LogP contribution in [0.2, 0.25) is 0 Å². The van der Waals surface area contributed by atoms with Gasteiger partial charge in [-0.2, -0.15) is 0 Å². The molecule has 6 heteroatoms. The van der Waals surface area contributed by atoms with Crippen LogP contribution in [0, 0.1) is 11.8 Å². The third-order valence-electron chi connectivity index (χ3n) is 3.17. The second kappa shape index (κ2) is 5.65. The van der Waals surface area contributed by atoms with Crippen molar-refractivity contribution < 1.29 is 19.5 Å². The minimum atomic E-state index is -0.935. The number of nitrogens with one attached hydrogen (secondary N) is 2. The number of rotatable bonds is 4. The van der Waals surface area contributed by atoms with Gasteiger partial charge in [-0.25, -0.2) is 0 Å². The number of likely N-dealkylation sites (N-methyl/N-ethyl adjacent to an activating group) is 1. The number of hydrogen-bond acceptors (Lipinski definition) is 3. The molecule has 0 heterocycles. The summed E-state index contributed by atoms with van der Waals surface area (Å²) in [5.74, 6) is -2.70. The zero-order valence-electron chi connectivity index (χ0n) is 10.0. The molecule has 1 saturated carbocycles. The Kier molecular flexibility index (Phi) is 4.48. The molecular weight excluding hydrogens is 224 g/mol. The molecule has 6 nitrogen and oxygen atoms in total. The Balaban J connectivity index is 2.58. The molecule has 0 radical (unpaired) electrons. The molecule has 1 unspecified atom stereocenters. The Morgan fingerprint density at radius 1 is 1.24 bits per heavy atom. The lowest BCUT2D eigenvalue weighted by molar-refractivity contribution is -0.146. The Morgan fingerprint density at radius 2 is 1.82 bits per heavy atom. The molecule has 0 bridgehead atoms. The summed E-state index contributed by atoms with van der Waals surface area (Å²) in [6.07, 6.45) is 1.84. The second-order valence-electron chi connectivity index (χ2n) is 4.33. The molecule has 3 N–H and O–H groups in total. The molecule has 17 heavy (non-hydrogen) atoms. The van der Waals surface area contributed by atoms with Gasteiger partial charge in [0.15, 0.2) is 0 Å². The Hall–Kier alpha value is -1.59. The van der Waals surface area contributed by atoms with E-state index in [-0.39, 0.29) is 11.8 Å². The van der Waals surface area contributed by atoms with Crippen molar-refractivity contribution in [3.63, 3.8) is 0 Å². The largest absolute Gasteiger partial charge is 0.481 e. The molecule has 1 aliphatic rings. The van der Waals surface area contributed by atoms with Crippen LogP contribution in [0.15, 0.2) is 0 Å². The van der Waals surface area contributed by atoms with Gasteiger partial charge in [-0.05, 0) is 19.8 Å². The number of carboxylic acid groups (broad SMARTS) is 1. The molecule has 1 aliphatic carbocycles. The van der Waals surface area contributed by atoms with Crippen LogP contribution in [0.4, 0.5) is 0 Å². The van der Waals surface area contributed by atoms with Crippen molar-refractivity contribution in [1.82, 2.24) is 10.6 Å². The maximum absolute atomic E-state index is 11.8. The monoisotopic (exact) mass is 242 g/mol. The van der Waals surface area contributed by atoms with E-state index in [4.69, 9.17) is 5.11 Å². The minimum absolute atomic E-state index is 0.289. The first-order valence-corrected chi connectivity index (χ1v) is 5.72. The molecule has 3 atom stereocenters. The summed E-state index contributed by atoms with van der Waals surface area (Å²) in [5, 5.41) is 13.9. The molecular formula is C11H18N2O4. The number of aliphatic carboxylic acids is 1. The highest BCUT2D eigenvalue weighted by atomic mass is 16.4. The van der Waals surface area contributed by atoms with E-state index in [1.165, 1.54) is 7.05 Å². The first-order valence-electron chi connectivity index (χ1n) is 5.72. The summed E-state index contributed by atoms with van der Waals surface area (Å²) in [5.41, 5.74) is 0. The van der Waals surface area contributed by atoms with Crippen LogP contribution in [0.3, 0.4) is 0 Å². The zero-order valence-corrected chi connectivity index (χ0v) is 10.0. The van der Waals surface area contributed by atoms with E-state index in [2.05, 4.69) is 10.6 Å². The Bertz CT molecular complexity index is 329. The van der Waals surface area contributed by atoms with Crippen LogP contribution in [0.5, 0.6) is 0 Å². The summed E-state index contributed by atoms with van der Waals surface area (Å²) >= 11 is 0. The molecule has 0 aromatic rings. The topological polar surface area (TPSA) is 95.5 Å². The van der Waals surface area contributed by atoms with Gasteiger partial charge >= 0.3 is 5.97 Å². The fourth-order valence-electron chi connectivity index (χ4n) is 2.17. The van der Waals surface area contributed by atoms with Crippen molar-refractivity contribution in [1.29, 1.82) is 0 Å². The quantitative estimate of drug-likeness (QED) is 0.632. The zero-order chi connectivity index (χ0) is 13.0. The van der Waals surface area contributed by atoms with Crippen molar-refractivity contribution in [2.45, 2.75) is 32.2 Å². The highest BCUT2D eigenvalue weighted by Crippen LogP contribution is 2.32. The van der Waals surface area contributed by atoms with E-state index >= 15 is 0 Å². The lowest BCUT2D eigenvalue weighted by Crippen LogP contribution is -2.46. The predicted molar refractivity (Wildman–Crippen MR) is 60.1 cm³/mol. The fourth-order valence-corrected chi connectivity index (χ4v) is 2.17. The van der Waals surface area contributed by atoms with E-state index in [1.54, 1.807) is 6.92 Å². The number of carbonyl (C=O) groups excluding carboxylic acids is 2. The Labute approximate surface area is 99.8 Å². The summed E-state index contributed by atoms with van der Waals surface area (Å²) in [4.78, 5) is 34.0. The fraction of sp³-hybridized carbons (Fsp3) is 0.727. The number of carbonyl (C=O) groups is 3. The third-order valence-corrected chi connectivity index (χ3v) is 3.17. The first-order chi connectivity index (χ1) is 7.97. The van der Waals surface area contributed by atoms with Crippen molar-refractivity contribution in [3.8, 4) is 0 Å². The third kappa shape index (κ3) is 3.18. The van der Waals surface area contributed by atoms with Gasteiger partial charge in [0.2, 0.25) is 11.8 Å². The smallest absolute Gasteiger partial charge is 0.307 e. The van der Waals surface area contributed by atoms with Crippen LogP contribution in [-0.4, -0.2) is 36.0 Å². The summed E-state index contributed by atoms with van der Waals surface area (Å²) < 4.78 is 0. The van der Waals surface area contributed by atoms with E-state index in [0.29, 0.717) is 12.8 Å². The highest BCUT2D eigenvalue weighted by molar-refractivity contribution is 5.90. The van der Waals surface area contributed by atoms with Gasteiger partial charge in [-0.3, -0.25) is 14.4 Å². The van der Waals surface area contributed by atoms with Gasteiger partial charge in [-0.1, -0.05) is 6.42 Å². The minimum Gasteiger partial charge on any atom is -0.481 e. The van der Waals surface area contributed by atoms with Crippen LogP contribution in [0.1, 0.15) is 26.2 Å². The Morgan fingerprint density at radius 3 is 2.35 bits per heavy atom. The highest BCUT2D eigenvalue weighted by Gasteiger charge is 2.38. The van der Waals surface area contributed by atoms with Gasteiger partial charge < -0.3 is 15.7 Å². The maximum Gasteiger partial charge on any atom is 0.307 e. The van der Waals surface area contributed by atoms with Crippen molar-refractivity contribution in [2.24, 2.45) is 11.8 Å². The molecule has 1 rings (SSSR count). The molecule has 1 fully saturated rings. The summed E-state index contributed by atoms with van der Waals surface area (Å²) in [7, 11) is 1.49. The number of hydrogen-bond donors (Lipinski definition) is 3. The van der Waals surface area contributed by atoms with Crippen LogP contribution in [0.25, 0.3) is 0 Å². The summed E-state index contributed by atoms with van der Waals surface area (Å²) in [6.45, 7) is 1.57. The predicted octanol–water partition coefficient (Wildman–Crippen LogP) is -0.262. The molecule has 0 aromatic carbocycles. The van der Waals surface area contributed by atoms with Crippen molar-refractivity contribution >= 4 is 17.8 Å². The average Bonchev–Trinajstić information content (AvgIpc) is 2.76. The first kappa shape index (κ1) is 13.5. The van der Waals surface area contributed by atoms with Crippen LogP contribution < -0.4 is 10.6 Å². The van der Waals surface area contributed by atoms with Gasteiger partial charge in [0.05, 0.1) is 11.8 Å². The van der Waals surface area contributed by atoms with Crippen molar-refractivity contribution in [2.75, 3.05) is 7.05 Å².